The molecule has 1 fully saturated rings. The molecule has 0 saturated heterocycles. The molecule has 1 unspecified atom stereocenters. The Morgan fingerprint density at radius 1 is 1.00 bits per heavy atom. The highest BCUT2D eigenvalue weighted by Crippen LogP contribution is 2.29. The van der Waals surface area contributed by atoms with Gasteiger partial charge in [-0.25, -0.2) is 4.79 Å². The molecule has 0 amide bonds. The number of hydrogen-bond acceptors (Lipinski definition) is 7. The molecule has 0 spiro atoms. The molecule has 8 nitrogen and oxygen atoms in total. The van der Waals surface area contributed by atoms with E-state index < -0.39 is 12.0 Å². The third-order valence-corrected chi connectivity index (χ3v) is 7.71. The number of carboxylic acids is 1. The van der Waals surface area contributed by atoms with Crippen LogP contribution in [-0.2, 0) is 11.2 Å². The zero-order valence-corrected chi connectivity index (χ0v) is 23.4. The van der Waals surface area contributed by atoms with E-state index in [0.29, 0.717) is 36.2 Å². The number of carbonyl (C=O) groups excluding carboxylic acids is 1. The van der Waals surface area contributed by atoms with Crippen molar-refractivity contribution >= 4 is 34.6 Å². The molecule has 1 heterocycles. The molecule has 1 aliphatic carbocycles. The SMILES string of the molecule is CN(CCOc1ccc(CC(Nc2ccccc2C(=O)C2CCCCCC2)C(=O)O)cc1)c1nc2ccccc2o1. The van der Waals surface area contributed by atoms with Crippen molar-refractivity contribution in [1.82, 2.24) is 4.98 Å². The van der Waals surface area contributed by atoms with Crippen LogP contribution in [0.1, 0.15) is 54.4 Å². The lowest BCUT2D eigenvalue weighted by Crippen LogP contribution is -2.32. The Balaban J connectivity index is 1.17. The van der Waals surface area contributed by atoms with Crippen LogP contribution in [0.2, 0.25) is 0 Å². The number of carboxylic acid groups (broad SMARTS) is 1. The lowest BCUT2D eigenvalue weighted by Gasteiger charge is -2.20. The standard InChI is InChI=1S/C33H37N3O5/c1-36(33-35-28-14-8-9-15-30(28)41-33)20-21-40-25-18-16-23(17-19-25)22-29(32(38)39)34-27-13-7-6-12-26(27)31(37)24-10-4-2-3-5-11-24/h6-9,12-19,24,29,34H,2-5,10-11,20-22H2,1H3,(H,38,39). The maximum atomic E-state index is 13.4. The lowest BCUT2D eigenvalue weighted by molar-refractivity contribution is -0.137. The summed E-state index contributed by atoms with van der Waals surface area (Å²) in [5.41, 5.74) is 3.58. The Kier molecular flexibility index (Phi) is 9.19. The topological polar surface area (TPSA) is 105 Å². The molecule has 41 heavy (non-hydrogen) atoms. The maximum absolute atomic E-state index is 13.4. The number of carbonyl (C=O) groups is 2. The Morgan fingerprint density at radius 2 is 1.71 bits per heavy atom. The second-order valence-electron chi connectivity index (χ2n) is 10.7. The minimum absolute atomic E-state index is 0.00559. The van der Waals surface area contributed by atoms with Crippen LogP contribution < -0.4 is 15.0 Å². The zero-order valence-electron chi connectivity index (χ0n) is 23.4. The normalized spacial score (nSPS) is 14.8. The summed E-state index contributed by atoms with van der Waals surface area (Å²) in [6, 6.07) is 22.0. The van der Waals surface area contributed by atoms with Crippen LogP contribution in [0, 0.1) is 5.92 Å². The first-order valence-electron chi connectivity index (χ1n) is 14.4. The lowest BCUT2D eigenvalue weighted by atomic mass is 9.90. The molecule has 4 aromatic rings. The van der Waals surface area contributed by atoms with Gasteiger partial charge in [-0.05, 0) is 54.8 Å². The van der Waals surface area contributed by atoms with E-state index in [2.05, 4.69) is 10.3 Å². The molecular weight excluding hydrogens is 518 g/mol. The number of hydrogen-bond donors (Lipinski definition) is 2. The average Bonchev–Trinajstić information content (AvgIpc) is 3.24. The number of likely N-dealkylation sites (N-methyl/N-ethyl adjacent to an activating group) is 1. The fourth-order valence-electron chi connectivity index (χ4n) is 5.35. The highest BCUT2D eigenvalue weighted by atomic mass is 16.5. The number of ketones is 1. The molecule has 3 aromatic carbocycles. The smallest absolute Gasteiger partial charge is 0.326 e. The van der Waals surface area contributed by atoms with Gasteiger partial charge in [0.1, 0.15) is 23.9 Å². The van der Waals surface area contributed by atoms with E-state index >= 15 is 0 Å². The van der Waals surface area contributed by atoms with Crippen LogP contribution in [0.3, 0.4) is 0 Å². The largest absolute Gasteiger partial charge is 0.492 e. The van der Waals surface area contributed by atoms with Gasteiger partial charge in [0.15, 0.2) is 11.4 Å². The van der Waals surface area contributed by atoms with E-state index in [1.165, 1.54) is 12.8 Å². The first-order chi connectivity index (χ1) is 20.0. The summed E-state index contributed by atoms with van der Waals surface area (Å²) >= 11 is 0. The number of Topliss-reactive ketones (excluding diaryl/α,β-unsaturated/α-hetero) is 1. The van der Waals surface area contributed by atoms with E-state index in [1.54, 1.807) is 6.07 Å². The van der Waals surface area contributed by atoms with Crippen molar-refractivity contribution in [2.75, 3.05) is 30.4 Å². The average molecular weight is 556 g/mol. The first kappa shape index (κ1) is 28.2. The van der Waals surface area contributed by atoms with Gasteiger partial charge >= 0.3 is 5.97 Å². The highest BCUT2D eigenvalue weighted by Gasteiger charge is 2.25. The molecule has 0 aliphatic heterocycles. The summed E-state index contributed by atoms with van der Waals surface area (Å²) in [4.78, 5) is 31.9. The zero-order chi connectivity index (χ0) is 28.6. The Hall–Kier alpha value is -4.33. The van der Waals surface area contributed by atoms with E-state index in [4.69, 9.17) is 9.15 Å². The van der Waals surface area contributed by atoms with Gasteiger partial charge in [0.05, 0.1) is 6.54 Å². The van der Waals surface area contributed by atoms with Crippen LogP contribution >= 0.6 is 0 Å². The van der Waals surface area contributed by atoms with Crippen molar-refractivity contribution in [3.63, 3.8) is 0 Å². The minimum atomic E-state index is -0.968. The Labute approximate surface area is 240 Å². The Bertz CT molecular complexity index is 1420. The Morgan fingerprint density at radius 3 is 2.44 bits per heavy atom. The number of anilines is 2. The number of aliphatic carboxylic acids is 1. The molecule has 1 saturated carbocycles. The summed E-state index contributed by atoms with van der Waals surface area (Å²) in [7, 11) is 1.90. The van der Waals surface area contributed by atoms with Gasteiger partial charge in [0, 0.05) is 30.6 Å². The molecule has 0 radical (unpaired) electrons. The summed E-state index contributed by atoms with van der Waals surface area (Å²) < 4.78 is 11.7. The fraction of sp³-hybridized carbons (Fsp3) is 0.364. The van der Waals surface area contributed by atoms with Crippen LogP contribution in [-0.4, -0.2) is 48.1 Å². The van der Waals surface area contributed by atoms with Gasteiger partial charge in [0.2, 0.25) is 0 Å². The van der Waals surface area contributed by atoms with Crippen LogP contribution in [0.4, 0.5) is 11.7 Å². The number of oxazole rings is 1. The van der Waals surface area contributed by atoms with Crippen molar-refractivity contribution in [3.05, 3.63) is 83.9 Å². The van der Waals surface area contributed by atoms with E-state index in [9.17, 15) is 14.7 Å². The predicted octanol–water partition coefficient (Wildman–Crippen LogP) is 6.60. The van der Waals surface area contributed by atoms with Crippen molar-refractivity contribution in [2.24, 2.45) is 5.92 Å². The van der Waals surface area contributed by atoms with Gasteiger partial charge in [-0.3, -0.25) is 4.79 Å². The van der Waals surface area contributed by atoms with Crippen molar-refractivity contribution in [1.29, 1.82) is 0 Å². The van der Waals surface area contributed by atoms with Crippen LogP contribution in [0.15, 0.2) is 77.2 Å². The molecule has 8 heteroatoms. The first-order valence-corrected chi connectivity index (χ1v) is 14.4. The fourth-order valence-corrected chi connectivity index (χ4v) is 5.35. The summed E-state index contributed by atoms with van der Waals surface area (Å²) in [5, 5.41) is 13.1. The quantitative estimate of drug-likeness (QED) is 0.149. The van der Waals surface area contributed by atoms with Gasteiger partial charge in [-0.2, -0.15) is 4.98 Å². The van der Waals surface area contributed by atoms with Gasteiger partial charge in [-0.15, -0.1) is 0 Å². The van der Waals surface area contributed by atoms with Crippen LogP contribution in [0.25, 0.3) is 11.1 Å². The molecule has 5 rings (SSSR count). The van der Waals surface area contributed by atoms with Crippen molar-refractivity contribution in [2.45, 2.75) is 51.0 Å². The van der Waals surface area contributed by atoms with Crippen molar-refractivity contribution in [3.8, 4) is 5.75 Å². The predicted molar refractivity (Wildman–Crippen MR) is 160 cm³/mol. The number of rotatable bonds is 12. The van der Waals surface area contributed by atoms with E-state index in [0.717, 1.165) is 42.3 Å². The number of nitrogens with zero attached hydrogens (tertiary/aromatic N) is 2. The number of fused-ring (bicyclic) bond motifs is 1. The summed E-state index contributed by atoms with van der Waals surface area (Å²) in [5.74, 6) is -0.156. The summed E-state index contributed by atoms with van der Waals surface area (Å²) in [6.45, 7) is 1.01. The minimum Gasteiger partial charge on any atom is -0.492 e. The number of nitrogens with one attached hydrogen (secondary N) is 1. The summed E-state index contributed by atoms with van der Waals surface area (Å²) in [6.07, 6.45) is 6.55. The second-order valence-corrected chi connectivity index (χ2v) is 10.7. The number of aromatic nitrogens is 1. The molecule has 0 bridgehead atoms. The number of ether oxygens (including phenoxy) is 1. The highest BCUT2D eigenvalue weighted by molar-refractivity contribution is 6.03. The third kappa shape index (κ3) is 7.25. The molecule has 1 aromatic heterocycles. The number of benzene rings is 3. The third-order valence-electron chi connectivity index (χ3n) is 7.71. The van der Waals surface area contributed by atoms with Gasteiger partial charge in [-0.1, -0.05) is 62.1 Å². The van der Waals surface area contributed by atoms with Gasteiger partial charge < -0.3 is 24.5 Å². The second kappa shape index (κ2) is 13.4. The van der Waals surface area contributed by atoms with Crippen molar-refractivity contribution < 1.29 is 23.8 Å². The van der Waals surface area contributed by atoms with Crippen LogP contribution in [0.5, 0.6) is 5.75 Å². The molecule has 214 valence electrons. The molecule has 1 aliphatic rings. The van der Waals surface area contributed by atoms with Gasteiger partial charge in [0.25, 0.3) is 6.01 Å². The molecule has 1 atom stereocenters. The monoisotopic (exact) mass is 555 g/mol. The maximum Gasteiger partial charge on any atom is 0.326 e. The molecule has 2 N–H and O–H groups in total. The van der Waals surface area contributed by atoms with E-state index in [-0.39, 0.29) is 18.1 Å². The number of para-hydroxylation sites is 3. The van der Waals surface area contributed by atoms with E-state index in [1.807, 2.05) is 78.7 Å². The molecular formula is C33H37N3O5.